The van der Waals surface area contributed by atoms with Gasteiger partial charge in [-0.2, -0.15) is 0 Å². The van der Waals surface area contributed by atoms with Crippen LogP contribution in [0.5, 0.6) is 0 Å². The molecular formula is C52H50Cl2F2N2O2. The number of benzene rings is 4. The van der Waals surface area contributed by atoms with Gasteiger partial charge in [0.05, 0.1) is 11.0 Å². The highest BCUT2D eigenvalue weighted by atomic mass is 35.5. The first-order valence-corrected chi connectivity index (χ1v) is 22.4. The average Bonchev–Trinajstić information content (AvgIpc) is 3.23. The number of rotatable bonds is 8. The smallest absolute Gasteiger partial charge is 0.140 e. The monoisotopic (exact) mass is 842 g/mol. The molecule has 2 spiro atoms. The SMILES string of the molecule is O=C(Cc1ccc(Cl)cc1)C1CCC2(CC1)CC(c1ccnc3ccc(F)cc13)C2.O=C(Cc1ccc(Cl)cc1)C1CCC2(CC1)CC(c1ccnc3ccc(F)cc13)C2. The van der Waals surface area contributed by atoms with Gasteiger partial charge < -0.3 is 0 Å². The molecule has 0 N–H and O–H groups in total. The van der Waals surface area contributed by atoms with Crippen molar-refractivity contribution in [1.29, 1.82) is 0 Å². The zero-order valence-corrected chi connectivity index (χ0v) is 35.3. The van der Waals surface area contributed by atoms with E-state index in [9.17, 15) is 18.4 Å². The van der Waals surface area contributed by atoms with Gasteiger partial charge in [-0.1, -0.05) is 47.5 Å². The molecule has 4 aromatic carbocycles. The first-order valence-electron chi connectivity index (χ1n) is 21.7. The molecule has 0 atom stereocenters. The molecule has 2 aromatic heterocycles. The van der Waals surface area contributed by atoms with Gasteiger partial charge in [-0.05, 0) is 195 Å². The predicted octanol–water partition coefficient (Wildman–Crippen LogP) is 13.8. The van der Waals surface area contributed by atoms with Crippen molar-refractivity contribution in [1.82, 2.24) is 9.97 Å². The van der Waals surface area contributed by atoms with Crippen molar-refractivity contribution in [3.63, 3.8) is 0 Å². The molecule has 0 unspecified atom stereocenters. The minimum Gasteiger partial charge on any atom is -0.299 e. The molecule has 10 rings (SSSR count). The third kappa shape index (κ3) is 8.79. The van der Waals surface area contributed by atoms with Crippen LogP contribution in [0.25, 0.3) is 21.8 Å². The molecule has 4 nitrogen and oxygen atoms in total. The lowest BCUT2D eigenvalue weighted by Crippen LogP contribution is -2.40. The summed E-state index contributed by atoms with van der Waals surface area (Å²) in [6.45, 7) is 0. The molecule has 308 valence electrons. The quantitative estimate of drug-likeness (QED) is 0.153. The lowest BCUT2D eigenvalue weighted by molar-refractivity contribution is -0.125. The number of carbonyl (C=O) groups is 2. The first-order chi connectivity index (χ1) is 29.0. The van der Waals surface area contributed by atoms with E-state index < -0.39 is 0 Å². The maximum absolute atomic E-state index is 13.8. The zero-order valence-electron chi connectivity index (χ0n) is 33.8. The molecule has 6 aromatic rings. The normalized spacial score (nSPS) is 25.9. The van der Waals surface area contributed by atoms with E-state index in [0.717, 1.165) is 110 Å². The van der Waals surface area contributed by atoms with Crippen molar-refractivity contribution >= 4 is 56.6 Å². The number of ketones is 2. The number of aromatic nitrogens is 2. The van der Waals surface area contributed by atoms with Gasteiger partial charge in [0.15, 0.2) is 0 Å². The highest BCUT2D eigenvalue weighted by Gasteiger charge is 2.48. The van der Waals surface area contributed by atoms with Crippen LogP contribution in [0, 0.1) is 34.3 Å². The molecule has 0 aliphatic heterocycles. The Balaban J connectivity index is 0.000000154. The summed E-state index contributed by atoms with van der Waals surface area (Å²) in [5, 5.41) is 3.30. The second kappa shape index (κ2) is 17.1. The van der Waals surface area contributed by atoms with Crippen molar-refractivity contribution in [2.45, 2.75) is 102 Å². The highest BCUT2D eigenvalue weighted by molar-refractivity contribution is 6.30. The first kappa shape index (κ1) is 40.9. The van der Waals surface area contributed by atoms with Crippen molar-refractivity contribution < 1.29 is 18.4 Å². The van der Waals surface area contributed by atoms with E-state index in [4.69, 9.17) is 23.2 Å². The molecule has 4 fully saturated rings. The van der Waals surface area contributed by atoms with Gasteiger partial charge >= 0.3 is 0 Å². The molecule has 0 saturated heterocycles. The number of hydrogen-bond acceptors (Lipinski definition) is 4. The average molecular weight is 844 g/mol. The summed E-state index contributed by atoms with van der Waals surface area (Å²) in [6.07, 6.45) is 17.7. The molecular weight excluding hydrogens is 793 g/mol. The van der Waals surface area contributed by atoms with Crippen LogP contribution in [0.3, 0.4) is 0 Å². The van der Waals surface area contributed by atoms with Crippen LogP contribution >= 0.6 is 23.2 Å². The third-order valence-corrected chi connectivity index (χ3v) is 15.2. The summed E-state index contributed by atoms with van der Waals surface area (Å²) in [5.74, 6) is 1.62. The number of pyridine rings is 2. The zero-order chi connectivity index (χ0) is 41.4. The predicted molar refractivity (Wildman–Crippen MR) is 236 cm³/mol. The standard InChI is InChI=1S/2C26H25ClFNO/c2*27-20-3-1-17(2-4-20)13-25(30)18-7-10-26(11-8-18)15-19(16-26)22-9-12-29-24-6-5-21(28)14-23(22)24/h2*1-6,9,12,14,18-19H,7-8,10-11,13,15-16H2. The molecule has 8 heteroatoms. The van der Waals surface area contributed by atoms with Gasteiger partial charge in [0.2, 0.25) is 0 Å². The summed E-state index contributed by atoms with van der Waals surface area (Å²) in [6, 6.07) is 29.0. The highest BCUT2D eigenvalue weighted by Crippen LogP contribution is 2.61. The summed E-state index contributed by atoms with van der Waals surface area (Å²) >= 11 is 11.9. The van der Waals surface area contributed by atoms with Crippen molar-refractivity contribution in [3.05, 3.63) is 153 Å². The Morgan fingerprint density at radius 3 is 1.27 bits per heavy atom. The fourth-order valence-electron chi connectivity index (χ4n) is 11.2. The summed E-state index contributed by atoms with van der Waals surface area (Å²) < 4.78 is 27.6. The summed E-state index contributed by atoms with van der Waals surface area (Å²) in [5.41, 5.74) is 7.01. The Hall–Kier alpha value is -4.52. The number of nitrogens with zero attached hydrogens (tertiary/aromatic N) is 2. The van der Waals surface area contributed by atoms with Crippen LogP contribution in [-0.2, 0) is 22.4 Å². The molecule has 4 aliphatic rings. The fraction of sp³-hybridized carbons (Fsp3) is 0.385. The van der Waals surface area contributed by atoms with Crippen molar-refractivity contribution in [3.8, 4) is 0 Å². The van der Waals surface area contributed by atoms with E-state index >= 15 is 0 Å². The van der Waals surface area contributed by atoms with E-state index in [1.54, 1.807) is 24.3 Å². The van der Waals surface area contributed by atoms with Gasteiger partial charge in [0.25, 0.3) is 0 Å². The molecule has 0 radical (unpaired) electrons. The van der Waals surface area contributed by atoms with Crippen LogP contribution < -0.4 is 0 Å². The Labute approximate surface area is 361 Å². The van der Waals surface area contributed by atoms with Gasteiger partial charge in [0.1, 0.15) is 23.2 Å². The Morgan fingerprint density at radius 1 is 0.533 bits per heavy atom. The van der Waals surface area contributed by atoms with E-state index in [2.05, 4.69) is 22.1 Å². The van der Waals surface area contributed by atoms with Crippen LogP contribution in [0.2, 0.25) is 10.0 Å². The molecule has 0 amide bonds. The van der Waals surface area contributed by atoms with E-state index in [1.165, 1.54) is 23.3 Å². The number of halogens is 4. The molecule has 60 heavy (non-hydrogen) atoms. The van der Waals surface area contributed by atoms with Crippen LogP contribution in [-0.4, -0.2) is 21.5 Å². The Kier molecular flexibility index (Phi) is 11.6. The minimum atomic E-state index is -0.203. The minimum absolute atomic E-state index is 0.182. The van der Waals surface area contributed by atoms with Gasteiger partial charge in [0, 0.05) is 57.9 Å². The largest absolute Gasteiger partial charge is 0.299 e. The fourth-order valence-corrected chi connectivity index (χ4v) is 11.5. The van der Waals surface area contributed by atoms with E-state index in [0.29, 0.717) is 57.1 Å². The Bertz CT molecular complexity index is 2330. The van der Waals surface area contributed by atoms with E-state index in [1.807, 2.05) is 60.9 Å². The van der Waals surface area contributed by atoms with Crippen LogP contribution in [0.1, 0.15) is 111 Å². The maximum atomic E-state index is 13.8. The van der Waals surface area contributed by atoms with Gasteiger partial charge in [-0.3, -0.25) is 19.6 Å². The second-order valence-electron chi connectivity index (χ2n) is 18.4. The number of carbonyl (C=O) groups excluding carboxylic acids is 2. The molecule has 2 heterocycles. The maximum Gasteiger partial charge on any atom is 0.140 e. The number of Topliss-reactive ketones (excluding diaryl/α,β-unsaturated/α-hetero) is 2. The molecule has 4 aliphatic carbocycles. The van der Waals surface area contributed by atoms with Gasteiger partial charge in [-0.25, -0.2) is 8.78 Å². The molecule has 0 bridgehead atoms. The van der Waals surface area contributed by atoms with Crippen molar-refractivity contribution in [2.75, 3.05) is 0 Å². The van der Waals surface area contributed by atoms with Gasteiger partial charge in [-0.15, -0.1) is 0 Å². The van der Waals surface area contributed by atoms with E-state index in [-0.39, 0.29) is 23.5 Å². The number of fused-ring (bicyclic) bond motifs is 2. The lowest BCUT2D eigenvalue weighted by Gasteiger charge is -2.52. The topological polar surface area (TPSA) is 59.9 Å². The van der Waals surface area contributed by atoms with Crippen LogP contribution in [0.15, 0.2) is 109 Å². The molecule has 4 saturated carbocycles. The van der Waals surface area contributed by atoms with Crippen LogP contribution in [0.4, 0.5) is 8.78 Å². The summed E-state index contributed by atoms with van der Waals surface area (Å²) in [4.78, 5) is 34.3. The van der Waals surface area contributed by atoms with Crippen molar-refractivity contribution in [2.24, 2.45) is 22.7 Å². The second-order valence-corrected chi connectivity index (χ2v) is 19.3. The number of hydrogen-bond donors (Lipinski definition) is 0. The lowest BCUT2D eigenvalue weighted by atomic mass is 9.53. The summed E-state index contributed by atoms with van der Waals surface area (Å²) in [7, 11) is 0. The third-order valence-electron chi connectivity index (χ3n) is 14.7. The Morgan fingerprint density at radius 2 is 0.900 bits per heavy atom.